The van der Waals surface area contributed by atoms with Gasteiger partial charge in [0.2, 0.25) is 0 Å². The number of benzene rings is 2. The van der Waals surface area contributed by atoms with Gasteiger partial charge in [-0.25, -0.2) is 13.7 Å². The van der Waals surface area contributed by atoms with Crippen LogP contribution in [-0.4, -0.2) is 29.3 Å². The molecule has 0 fully saturated rings. The Kier molecular flexibility index (Phi) is 5.43. The molecule has 0 saturated carbocycles. The number of nitrogens with zero attached hydrogens (tertiary/aromatic N) is 1. The molecule has 27 heavy (non-hydrogen) atoms. The summed E-state index contributed by atoms with van der Waals surface area (Å²) in [6, 6.07) is 8.04. The minimum absolute atomic E-state index is 0.115. The van der Waals surface area contributed by atoms with Crippen LogP contribution < -0.4 is 4.90 Å². The maximum absolute atomic E-state index is 14.2. The first-order valence-electron chi connectivity index (χ1n) is 8.24. The van der Waals surface area contributed by atoms with E-state index in [9.17, 15) is 18.4 Å². The number of amides is 2. The number of rotatable bonds is 5. The largest absolute Gasteiger partial charge is 0.396 e. The highest BCUT2D eigenvalue weighted by Gasteiger charge is 2.41. The number of hydrogen-bond donors (Lipinski definition) is 1. The fourth-order valence-corrected chi connectivity index (χ4v) is 3.85. The van der Waals surface area contributed by atoms with Crippen molar-refractivity contribution in [2.45, 2.75) is 13.8 Å². The fourth-order valence-electron chi connectivity index (χ4n) is 3.00. The minimum Gasteiger partial charge on any atom is -0.396 e. The predicted molar refractivity (Wildman–Crippen MR) is 101 cm³/mol. The third-order valence-corrected chi connectivity index (χ3v) is 5.23. The third kappa shape index (κ3) is 3.52. The van der Waals surface area contributed by atoms with Gasteiger partial charge in [-0.15, -0.1) is 11.8 Å². The molecule has 0 bridgehead atoms. The van der Waals surface area contributed by atoms with E-state index < -0.39 is 29.1 Å². The second-order valence-electron chi connectivity index (χ2n) is 6.14. The standard InChI is InChI=1S/C20H17F2NO3S/c1-11-3-5-14(12(2)9-11)17-18(27-8-7-24)20(26)23(19(17)25)16-10-13(21)4-6-15(16)22/h3-6,9-10,24H,7-8H2,1-2H3. The number of thioether (sulfide) groups is 1. The van der Waals surface area contributed by atoms with Crippen molar-refractivity contribution in [3.8, 4) is 0 Å². The van der Waals surface area contributed by atoms with Gasteiger partial charge in [-0.2, -0.15) is 0 Å². The van der Waals surface area contributed by atoms with E-state index in [2.05, 4.69) is 0 Å². The first-order valence-corrected chi connectivity index (χ1v) is 9.23. The van der Waals surface area contributed by atoms with Gasteiger partial charge in [0.25, 0.3) is 11.8 Å². The average molecular weight is 389 g/mol. The van der Waals surface area contributed by atoms with Crippen molar-refractivity contribution in [3.05, 3.63) is 69.6 Å². The van der Waals surface area contributed by atoms with Gasteiger partial charge in [-0.1, -0.05) is 23.8 Å². The van der Waals surface area contributed by atoms with Crippen LogP contribution >= 0.6 is 11.8 Å². The van der Waals surface area contributed by atoms with Gasteiger partial charge in [-0.05, 0) is 37.1 Å². The Balaban J connectivity index is 2.16. The van der Waals surface area contributed by atoms with E-state index >= 15 is 0 Å². The summed E-state index contributed by atoms with van der Waals surface area (Å²) in [7, 11) is 0. The molecular weight excluding hydrogens is 372 g/mol. The summed E-state index contributed by atoms with van der Waals surface area (Å²) < 4.78 is 27.8. The molecule has 2 aromatic carbocycles. The van der Waals surface area contributed by atoms with Crippen LogP contribution in [-0.2, 0) is 9.59 Å². The molecule has 0 radical (unpaired) electrons. The zero-order chi connectivity index (χ0) is 19.7. The zero-order valence-electron chi connectivity index (χ0n) is 14.8. The quantitative estimate of drug-likeness (QED) is 0.794. The second-order valence-corrected chi connectivity index (χ2v) is 7.24. The van der Waals surface area contributed by atoms with Gasteiger partial charge in [0.15, 0.2) is 0 Å². The van der Waals surface area contributed by atoms with Crippen molar-refractivity contribution in [1.82, 2.24) is 0 Å². The SMILES string of the molecule is Cc1ccc(C2=C(SCCO)C(=O)N(c3cc(F)ccc3F)C2=O)c(C)c1. The highest BCUT2D eigenvalue weighted by atomic mass is 32.2. The third-order valence-electron chi connectivity index (χ3n) is 4.18. The lowest BCUT2D eigenvalue weighted by Gasteiger charge is -2.16. The van der Waals surface area contributed by atoms with Crippen molar-refractivity contribution in [3.63, 3.8) is 0 Å². The summed E-state index contributed by atoms with van der Waals surface area (Å²) in [5.74, 6) is -2.86. The predicted octanol–water partition coefficient (Wildman–Crippen LogP) is 3.59. The Labute approximate surface area is 159 Å². The molecule has 0 aliphatic carbocycles. The lowest BCUT2D eigenvalue weighted by molar-refractivity contribution is -0.119. The summed E-state index contributed by atoms with van der Waals surface area (Å²) in [5, 5.41) is 9.13. The van der Waals surface area contributed by atoms with Gasteiger partial charge in [0.05, 0.1) is 22.8 Å². The van der Waals surface area contributed by atoms with Crippen molar-refractivity contribution in [1.29, 1.82) is 0 Å². The van der Waals surface area contributed by atoms with Crippen LogP contribution in [0, 0.1) is 25.5 Å². The Hall–Kier alpha value is -2.51. The first kappa shape index (κ1) is 19.3. The normalized spacial score (nSPS) is 14.5. The van der Waals surface area contributed by atoms with E-state index in [0.29, 0.717) is 10.5 Å². The smallest absolute Gasteiger partial charge is 0.272 e. The van der Waals surface area contributed by atoms with E-state index in [1.165, 1.54) is 0 Å². The molecule has 140 valence electrons. The van der Waals surface area contributed by atoms with Crippen LogP contribution in [0.5, 0.6) is 0 Å². The monoisotopic (exact) mass is 389 g/mol. The number of carbonyl (C=O) groups excluding carboxylic acids is 2. The van der Waals surface area contributed by atoms with Crippen molar-refractivity contribution in [2.75, 3.05) is 17.3 Å². The molecule has 0 saturated heterocycles. The Morgan fingerprint density at radius 2 is 1.78 bits per heavy atom. The minimum atomic E-state index is -0.869. The number of aryl methyl sites for hydroxylation is 2. The molecule has 1 heterocycles. The lowest BCUT2D eigenvalue weighted by atomic mass is 9.99. The number of carbonyl (C=O) groups is 2. The van der Waals surface area contributed by atoms with Gasteiger partial charge >= 0.3 is 0 Å². The highest BCUT2D eigenvalue weighted by molar-refractivity contribution is 8.04. The Bertz CT molecular complexity index is 972. The van der Waals surface area contributed by atoms with Crippen LogP contribution in [0.4, 0.5) is 14.5 Å². The van der Waals surface area contributed by atoms with Crippen molar-refractivity contribution < 1.29 is 23.5 Å². The molecule has 1 N–H and O–H groups in total. The van der Waals surface area contributed by atoms with E-state index in [1.54, 1.807) is 6.07 Å². The molecule has 1 aliphatic rings. The van der Waals surface area contributed by atoms with Crippen LogP contribution in [0.2, 0.25) is 0 Å². The maximum Gasteiger partial charge on any atom is 0.272 e. The summed E-state index contributed by atoms with van der Waals surface area (Å²) in [4.78, 5) is 26.8. The molecule has 1 aliphatic heterocycles. The molecule has 2 aromatic rings. The fraction of sp³-hybridized carbons (Fsp3) is 0.200. The van der Waals surface area contributed by atoms with Crippen LogP contribution in [0.15, 0.2) is 41.3 Å². The number of anilines is 1. The lowest BCUT2D eigenvalue weighted by Crippen LogP contribution is -2.32. The highest BCUT2D eigenvalue weighted by Crippen LogP contribution is 2.40. The van der Waals surface area contributed by atoms with Gasteiger partial charge < -0.3 is 5.11 Å². The van der Waals surface area contributed by atoms with E-state index in [1.807, 2.05) is 26.0 Å². The van der Waals surface area contributed by atoms with E-state index in [0.717, 1.165) is 41.1 Å². The molecule has 0 spiro atoms. The van der Waals surface area contributed by atoms with E-state index in [4.69, 9.17) is 5.11 Å². The number of halogens is 2. The molecule has 4 nitrogen and oxygen atoms in total. The zero-order valence-corrected chi connectivity index (χ0v) is 15.6. The van der Waals surface area contributed by atoms with Gasteiger partial charge in [0, 0.05) is 11.8 Å². The number of aliphatic hydroxyl groups excluding tert-OH is 1. The summed E-state index contributed by atoms with van der Waals surface area (Å²) in [5.41, 5.74) is 2.05. The molecule has 3 rings (SSSR count). The van der Waals surface area contributed by atoms with Crippen LogP contribution in [0.3, 0.4) is 0 Å². The van der Waals surface area contributed by atoms with Crippen molar-refractivity contribution >= 4 is 34.8 Å². The number of aliphatic hydroxyl groups is 1. The van der Waals surface area contributed by atoms with E-state index in [-0.39, 0.29) is 22.8 Å². The maximum atomic E-state index is 14.2. The number of imide groups is 1. The average Bonchev–Trinajstić information content (AvgIpc) is 2.85. The molecule has 0 atom stereocenters. The molecule has 0 aromatic heterocycles. The summed E-state index contributed by atoms with van der Waals surface area (Å²) in [6.07, 6.45) is 0. The number of hydrogen-bond acceptors (Lipinski definition) is 4. The molecular formula is C20H17F2NO3S. The summed E-state index contributed by atoms with van der Waals surface area (Å²) >= 11 is 1.02. The molecule has 2 amide bonds. The first-order chi connectivity index (χ1) is 12.8. The van der Waals surface area contributed by atoms with Crippen LogP contribution in [0.25, 0.3) is 5.57 Å². The summed E-state index contributed by atoms with van der Waals surface area (Å²) in [6.45, 7) is 3.53. The second kappa shape index (κ2) is 7.62. The topological polar surface area (TPSA) is 57.6 Å². The van der Waals surface area contributed by atoms with Gasteiger partial charge in [-0.3, -0.25) is 9.59 Å². The molecule has 7 heteroatoms. The molecule has 0 unspecified atom stereocenters. The van der Waals surface area contributed by atoms with Gasteiger partial charge in [0.1, 0.15) is 11.6 Å². The van der Waals surface area contributed by atoms with Crippen LogP contribution in [0.1, 0.15) is 16.7 Å². The van der Waals surface area contributed by atoms with Crippen molar-refractivity contribution in [2.24, 2.45) is 0 Å². The Morgan fingerprint density at radius 3 is 2.44 bits per heavy atom. The Morgan fingerprint density at radius 1 is 1.04 bits per heavy atom.